The summed E-state index contributed by atoms with van der Waals surface area (Å²) in [5, 5.41) is 15.4. The van der Waals surface area contributed by atoms with E-state index in [1.54, 1.807) is 0 Å². The van der Waals surface area contributed by atoms with Gasteiger partial charge in [-0.2, -0.15) is 5.26 Å². The highest BCUT2D eigenvalue weighted by Gasteiger charge is 2.23. The molecule has 0 spiro atoms. The second kappa shape index (κ2) is 11.9. The van der Waals surface area contributed by atoms with Crippen LogP contribution in [0.3, 0.4) is 0 Å². The molecule has 3 aromatic heterocycles. The number of rotatable bonds is 5. The number of para-hydroxylation sites is 3. The van der Waals surface area contributed by atoms with Gasteiger partial charge >= 0.3 is 0 Å². The second-order valence-corrected chi connectivity index (χ2v) is 12.9. The van der Waals surface area contributed by atoms with Gasteiger partial charge in [0.15, 0.2) is 5.82 Å². The molecule has 10 rings (SSSR count). The van der Waals surface area contributed by atoms with E-state index in [0.29, 0.717) is 22.8 Å². The second-order valence-electron chi connectivity index (χ2n) is 12.9. The number of aromatic nitrogens is 4. The quantitative estimate of drug-likeness (QED) is 0.184. The molecule has 0 unspecified atom stereocenters. The highest BCUT2D eigenvalue weighted by molar-refractivity contribution is 6.29. The first-order chi connectivity index (χ1) is 25.8. The van der Waals surface area contributed by atoms with Gasteiger partial charge in [0.1, 0.15) is 11.6 Å². The monoisotopic (exact) mass is 663 g/mol. The Balaban J connectivity index is 1.34. The molecule has 5 nitrogen and oxygen atoms in total. The summed E-state index contributed by atoms with van der Waals surface area (Å²) < 4.78 is 4.70. The molecule has 0 saturated heterocycles. The standard InChI is InChI=1S/C47H29N5/c48-30-38-45(31-15-5-1-6-16-31)49-47(32-17-7-2-8-18-32)50-46(38)33-25-26-40-37(29-33)44-42(52(40)35-21-11-4-12-22-35)28-27-41-43(44)36-23-13-14-24-39(36)51(41)34-19-9-3-10-20-34/h1-29H. The Kier molecular flexibility index (Phi) is 6.80. The van der Waals surface area contributed by atoms with E-state index < -0.39 is 0 Å². The van der Waals surface area contributed by atoms with Gasteiger partial charge in [0, 0.05) is 49.6 Å². The van der Waals surface area contributed by atoms with E-state index in [2.05, 4.69) is 124 Å². The minimum absolute atomic E-state index is 0.447. The van der Waals surface area contributed by atoms with Crippen molar-refractivity contribution in [2.24, 2.45) is 0 Å². The Hall–Kier alpha value is -7.29. The van der Waals surface area contributed by atoms with E-state index >= 15 is 0 Å². The minimum Gasteiger partial charge on any atom is -0.309 e. The van der Waals surface area contributed by atoms with Crippen LogP contribution in [0.25, 0.3) is 88.9 Å². The Morgan fingerprint density at radius 3 is 1.46 bits per heavy atom. The lowest BCUT2D eigenvalue weighted by molar-refractivity contribution is 1.16. The van der Waals surface area contributed by atoms with Crippen molar-refractivity contribution in [3.05, 3.63) is 181 Å². The first-order valence-corrected chi connectivity index (χ1v) is 17.3. The van der Waals surface area contributed by atoms with Crippen LogP contribution < -0.4 is 0 Å². The third kappa shape index (κ3) is 4.56. The van der Waals surface area contributed by atoms with E-state index in [-0.39, 0.29) is 0 Å². The number of benzene rings is 7. The van der Waals surface area contributed by atoms with Gasteiger partial charge in [-0.05, 0) is 54.6 Å². The summed E-state index contributed by atoms with van der Waals surface area (Å²) in [6.45, 7) is 0. The Morgan fingerprint density at radius 1 is 0.404 bits per heavy atom. The SMILES string of the molecule is N#Cc1c(-c2ccccc2)nc(-c2ccccc2)nc1-c1ccc2c(c1)c1c3c4ccccc4n(-c4ccccc4)c3ccc1n2-c1ccccc1. The zero-order valence-corrected chi connectivity index (χ0v) is 28.0. The predicted octanol–water partition coefficient (Wildman–Crippen LogP) is 11.5. The maximum atomic E-state index is 10.8. The molecule has 52 heavy (non-hydrogen) atoms. The Bertz CT molecular complexity index is 2990. The van der Waals surface area contributed by atoms with Gasteiger partial charge in [-0.3, -0.25) is 0 Å². The zero-order valence-electron chi connectivity index (χ0n) is 28.0. The van der Waals surface area contributed by atoms with E-state index in [1.165, 1.54) is 10.8 Å². The molecule has 0 bridgehead atoms. The van der Waals surface area contributed by atoms with Crippen LogP contribution in [0.1, 0.15) is 5.56 Å². The molecule has 0 aliphatic heterocycles. The van der Waals surface area contributed by atoms with E-state index in [0.717, 1.165) is 60.9 Å². The smallest absolute Gasteiger partial charge is 0.160 e. The Morgan fingerprint density at radius 2 is 0.865 bits per heavy atom. The molecule has 0 fully saturated rings. The molecule has 0 amide bonds. The van der Waals surface area contributed by atoms with Crippen molar-refractivity contribution in [3.8, 4) is 51.3 Å². The lowest BCUT2D eigenvalue weighted by Crippen LogP contribution is -2.01. The lowest BCUT2D eigenvalue weighted by Gasteiger charge is -2.13. The van der Waals surface area contributed by atoms with Gasteiger partial charge in [0.2, 0.25) is 0 Å². The topological polar surface area (TPSA) is 59.4 Å². The third-order valence-electron chi connectivity index (χ3n) is 9.97. The fraction of sp³-hybridized carbons (Fsp3) is 0. The summed E-state index contributed by atoms with van der Waals surface area (Å²) in [6, 6.07) is 63.1. The van der Waals surface area contributed by atoms with Crippen LogP contribution in [-0.2, 0) is 0 Å². The largest absolute Gasteiger partial charge is 0.309 e. The van der Waals surface area contributed by atoms with Gasteiger partial charge in [-0.25, -0.2) is 9.97 Å². The molecule has 0 aliphatic carbocycles. The van der Waals surface area contributed by atoms with Gasteiger partial charge in [0.25, 0.3) is 0 Å². The lowest BCUT2D eigenvalue weighted by atomic mass is 9.98. The number of nitriles is 1. The van der Waals surface area contributed by atoms with Gasteiger partial charge in [0.05, 0.1) is 33.5 Å². The van der Waals surface area contributed by atoms with Crippen LogP contribution in [0, 0.1) is 11.3 Å². The maximum Gasteiger partial charge on any atom is 0.160 e. The average molecular weight is 664 g/mol. The highest BCUT2D eigenvalue weighted by atomic mass is 15.0. The van der Waals surface area contributed by atoms with Crippen LogP contribution in [0.2, 0.25) is 0 Å². The fourth-order valence-electron chi connectivity index (χ4n) is 7.72. The van der Waals surface area contributed by atoms with Gasteiger partial charge < -0.3 is 9.13 Å². The molecule has 5 heteroatoms. The predicted molar refractivity (Wildman–Crippen MR) is 212 cm³/mol. The van der Waals surface area contributed by atoms with Crippen molar-refractivity contribution in [2.75, 3.05) is 0 Å². The van der Waals surface area contributed by atoms with E-state index in [9.17, 15) is 5.26 Å². The molecule has 0 atom stereocenters. The first-order valence-electron chi connectivity index (χ1n) is 17.3. The number of hydrogen-bond acceptors (Lipinski definition) is 3. The fourth-order valence-corrected chi connectivity index (χ4v) is 7.72. The molecule has 242 valence electrons. The number of hydrogen-bond donors (Lipinski definition) is 0. The number of fused-ring (bicyclic) bond motifs is 7. The molecule has 0 aliphatic rings. The van der Waals surface area contributed by atoms with Crippen molar-refractivity contribution in [1.82, 2.24) is 19.1 Å². The van der Waals surface area contributed by atoms with Crippen LogP contribution in [0.4, 0.5) is 0 Å². The zero-order chi connectivity index (χ0) is 34.6. The summed E-state index contributed by atoms with van der Waals surface area (Å²) in [4.78, 5) is 10.1. The molecule has 3 heterocycles. The van der Waals surface area contributed by atoms with Crippen molar-refractivity contribution in [3.63, 3.8) is 0 Å². The summed E-state index contributed by atoms with van der Waals surface area (Å²) in [7, 11) is 0. The summed E-state index contributed by atoms with van der Waals surface area (Å²) in [6.07, 6.45) is 0. The first kappa shape index (κ1) is 29.6. The molecule has 0 radical (unpaired) electrons. The van der Waals surface area contributed by atoms with Gasteiger partial charge in [-0.1, -0.05) is 121 Å². The summed E-state index contributed by atoms with van der Waals surface area (Å²) >= 11 is 0. The minimum atomic E-state index is 0.447. The van der Waals surface area contributed by atoms with Crippen molar-refractivity contribution < 1.29 is 0 Å². The maximum absolute atomic E-state index is 10.8. The van der Waals surface area contributed by atoms with Crippen molar-refractivity contribution in [1.29, 1.82) is 5.26 Å². The molecular weight excluding hydrogens is 635 g/mol. The normalized spacial score (nSPS) is 11.4. The van der Waals surface area contributed by atoms with Crippen molar-refractivity contribution >= 4 is 43.6 Å². The molecule has 7 aromatic carbocycles. The molecule has 0 N–H and O–H groups in total. The van der Waals surface area contributed by atoms with E-state index in [1.807, 2.05) is 66.7 Å². The number of nitrogens with zero attached hydrogens (tertiary/aromatic N) is 5. The summed E-state index contributed by atoms with van der Waals surface area (Å²) in [5.74, 6) is 0.577. The van der Waals surface area contributed by atoms with Crippen LogP contribution in [0.15, 0.2) is 176 Å². The van der Waals surface area contributed by atoms with Gasteiger partial charge in [-0.15, -0.1) is 0 Å². The Labute approximate surface area is 299 Å². The third-order valence-corrected chi connectivity index (χ3v) is 9.97. The van der Waals surface area contributed by atoms with E-state index in [4.69, 9.17) is 9.97 Å². The van der Waals surface area contributed by atoms with Crippen LogP contribution in [-0.4, -0.2) is 19.1 Å². The summed E-state index contributed by atoms with van der Waals surface area (Å²) in [5.41, 5.74) is 11.0. The highest BCUT2D eigenvalue weighted by Crippen LogP contribution is 2.44. The molecular formula is C47H29N5. The van der Waals surface area contributed by atoms with Crippen LogP contribution >= 0.6 is 0 Å². The molecule has 10 aromatic rings. The molecule has 0 saturated carbocycles. The average Bonchev–Trinajstić information content (AvgIpc) is 3.74. The van der Waals surface area contributed by atoms with Crippen LogP contribution in [0.5, 0.6) is 0 Å². The van der Waals surface area contributed by atoms with Crippen molar-refractivity contribution in [2.45, 2.75) is 0 Å².